The van der Waals surface area contributed by atoms with Crippen molar-refractivity contribution in [3.05, 3.63) is 24.2 Å². The van der Waals surface area contributed by atoms with Crippen LogP contribution in [-0.4, -0.2) is 25.1 Å². The van der Waals surface area contributed by atoms with Gasteiger partial charge in [-0.15, -0.1) is 0 Å². The number of carbonyl (C=O) groups excluding carboxylic acids is 3. The first-order chi connectivity index (χ1) is 7.61. The predicted molar refractivity (Wildman–Crippen MR) is 52.2 cm³/mol. The van der Waals surface area contributed by atoms with E-state index >= 15 is 0 Å². The highest BCUT2D eigenvalue weighted by Crippen LogP contribution is 2.15. The van der Waals surface area contributed by atoms with E-state index in [1.165, 1.54) is 12.3 Å². The lowest BCUT2D eigenvalue weighted by molar-refractivity contribution is -0.151. The van der Waals surface area contributed by atoms with Crippen molar-refractivity contribution in [1.82, 2.24) is 0 Å². The number of furan rings is 1. The molecule has 2 atom stereocenters. The molecule has 1 aromatic rings. The Balaban J connectivity index is 2.84. The summed E-state index contributed by atoms with van der Waals surface area (Å²) in [6.07, 6.45) is 1.55. The molecule has 0 bridgehead atoms. The van der Waals surface area contributed by atoms with Crippen LogP contribution in [0.1, 0.15) is 11.8 Å². The van der Waals surface area contributed by atoms with Crippen molar-refractivity contribution in [3.8, 4) is 0 Å². The average Bonchev–Trinajstić information content (AvgIpc) is 2.81. The Kier molecular flexibility index (Phi) is 3.96. The molecule has 1 aromatic heterocycles. The second kappa shape index (κ2) is 5.22. The van der Waals surface area contributed by atoms with Crippen molar-refractivity contribution in [3.63, 3.8) is 0 Å². The average molecular weight is 225 g/mol. The van der Waals surface area contributed by atoms with Crippen LogP contribution < -0.4 is 5.73 Å². The number of methoxy groups -OCH3 is 1. The van der Waals surface area contributed by atoms with Gasteiger partial charge in [-0.2, -0.15) is 0 Å². The minimum absolute atomic E-state index is 0.195. The van der Waals surface area contributed by atoms with E-state index in [1.807, 2.05) is 0 Å². The number of rotatable bonds is 5. The molecular formula is C10H11NO5. The summed E-state index contributed by atoms with van der Waals surface area (Å²) >= 11 is 0. The molecule has 0 saturated heterocycles. The number of ether oxygens (including phenoxy) is 1. The van der Waals surface area contributed by atoms with E-state index < -0.39 is 23.7 Å². The van der Waals surface area contributed by atoms with Crippen molar-refractivity contribution in [2.45, 2.75) is 6.04 Å². The van der Waals surface area contributed by atoms with Crippen LogP contribution in [-0.2, 0) is 19.1 Å². The molecule has 6 heteroatoms. The highest BCUT2D eigenvalue weighted by atomic mass is 16.5. The molecule has 1 heterocycles. The van der Waals surface area contributed by atoms with Crippen LogP contribution in [0.3, 0.4) is 0 Å². The van der Waals surface area contributed by atoms with E-state index in [0.717, 1.165) is 7.11 Å². The van der Waals surface area contributed by atoms with Crippen LogP contribution in [0.25, 0.3) is 0 Å². The standard InChI is InChI=1S/C10H11NO5/c1-15-10(14)6(5-12)9(13)8(11)7-3-2-4-16-7/h2-6,8H,11H2,1H3. The van der Waals surface area contributed by atoms with E-state index in [0.29, 0.717) is 0 Å². The maximum absolute atomic E-state index is 11.7. The number of carbonyl (C=O) groups is 3. The minimum atomic E-state index is -1.51. The van der Waals surface area contributed by atoms with Gasteiger partial charge in [0.15, 0.2) is 11.7 Å². The van der Waals surface area contributed by atoms with Crippen molar-refractivity contribution in [2.75, 3.05) is 7.11 Å². The SMILES string of the molecule is COC(=O)C(C=O)C(=O)C(N)c1ccco1. The van der Waals surface area contributed by atoms with Crippen LogP contribution in [0.5, 0.6) is 0 Å². The number of esters is 1. The number of aldehydes is 1. The van der Waals surface area contributed by atoms with Gasteiger partial charge >= 0.3 is 5.97 Å². The van der Waals surface area contributed by atoms with E-state index in [4.69, 9.17) is 10.2 Å². The number of hydrogen-bond donors (Lipinski definition) is 1. The molecular weight excluding hydrogens is 214 g/mol. The smallest absolute Gasteiger partial charge is 0.323 e. The van der Waals surface area contributed by atoms with Crippen molar-refractivity contribution in [1.29, 1.82) is 0 Å². The lowest BCUT2D eigenvalue weighted by atomic mass is 9.98. The topological polar surface area (TPSA) is 99.6 Å². The fourth-order valence-electron chi connectivity index (χ4n) is 1.17. The lowest BCUT2D eigenvalue weighted by Gasteiger charge is -2.11. The van der Waals surface area contributed by atoms with E-state index in [1.54, 1.807) is 6.07 Å². The second-order valence-electron chi connectivity index (χ2n) is 3.03. The molecule has 0 radical (unpaired) electrons. The number of nitrogens with two attached hydrogens (primary N) is 1. The molecule has 0 spiro atoms. The molecule has 16 heavy (non-hydrogen) atoms. The zero-order valence-electron chi connectivity index (χ0n) is 8.58. The highest BCUT2D eigenvalue weighted by molar-refractivity contribution is 6.12. The number of ketones is 1. The normalized spacial score (nSPS) is 13.9. The van der Waals surface area contributed by atoms with Gasteiger partial charge in [0, 0.05) is 0 Å². The molecule has 2 unspecified atom stereocenters. The summed E-state index contributed by atoms with van der Waals surface area (Å²) in [5.41, 5.74) is 5.54. The van der Waals surface area contributed by atoms with Crippen LogP contribution >= 0.6 is 0 Å². The Morgan fingerprint density at radius 1 is 1.56 bits per heavy atom. The molecule has 0 aliphatic heterocycles. The molecule has 1 rings (SSSR count). The quantitative estimate of drug-likeness (QED) is 0.424. The summed E-state index contributed by atoms with van der Waals surface area (Å²) in [6, 6.07) is 1.89. The molecule has 0 aliphatic carbocycles. The van der Waals surface area contributed by atoms with Crippen molar-refractivity contribution >= 4 is 18.0 Å². The third kappa shape index (κ3) is 2.34. The van der Waals surface area contributed by atoms with Gasteiger partial charge in [-0.1, -0.05) is 0 Å². The Hall–Kier alpha value is -1.95. The molecule has 0 saturated carbocycles. The van der Waals surface area contributed by atoms with Gasteiger partial charge in [0.2, 0.25) is 0 Å². The predicted octanol–water partition coefficient (Wildman–Crippen LogP) is -0.163. The van der Waals surface area contributed by atoms with Crippen molar-refractivity contribution in [2.24, 2.45) is 11.7 Å². The summed E-state index contributed by atoms with van der Waals surface area (Å²) in [7, 11) is 1.09. The zero-order valence-corrected chi connectivity index (χ0v) is 8.58. The third-order valence-electron chi connectivity index (χ3n) is 2.05. The fraction of sp³-hybridized carbons (Fsp3) is 0.300. The van der Waals surface area contributed by atoms with Crippen molar-refractivity contribution < 1.29 is 23.5 Å². The van der Waals surface area contributed by atoms with Crippen LogP contribution in [0, 0.1) is 5.92 Å². The monoisotopic (exact) mass is 225 g/mol. The largest absolute Gasteiger partial charge is 0.468 e. The first-order valence-corrected chi connectivity index (χ1v) is 4.47. The van der Waals surface area contributed by atoms with E-state index in [9.17, 15) is 14.4 Å². The molecule has 0 fully saturated rings. The van der Waals surface area contributed by atoms with E-state index in [2.05, 4.69) is 4.74 Å². The Morgan fingerprint density at radius 2 is 2.25 bits per heavy atom. The molecule has 0 aromatic carbocycles. The number of Topliss-reactive ketones (excluding diaryl/α,β-unsaturated/α-hetero) is 1. The van der Waals surface area contributed by atoms with Gasteiger partial charge in [-0.3, -0.25) is 9.59 Å². The third-order valence-corrected chi connectivity index (χ3v) is 2.05. The van der Waals surface area contributed by atoms with Gasteiger partial charge in [-0.25, -0.2) is 0 Å². The van der Waals surface area contributed by atoms with Gasteiger partial charge in [0.05, 0.1) is 13.4 Å². The van der Waals surface area contributed by atoms with Gasteiger partial charge in [-0.05, 0) is 12.1 Å². The maximum atomic E-state index is 11.7. The number of hydrogen-bond acceptors (Lipinski definition) is 6. The molecule has 0 aliphatic rings. The Morgan fingerprint density at radius 3 is 2.69 bits per heavy atom. The van der Waals surface area contributed by atoms with Crippen LogP contribution in [0.2, 0.25) is 0 Å². The van der Waals surface area contributed by atoms with Gasteiger partial charge in [0.25, 0.3) is 0 Å². The Labute approximate surface area is 91.4 Å². The molecule has 86 valence electrons. The lowest BCUT2D eigenvalue weighted by Crippen LogP contribution is -2.34. The summed E-state index contributed by atoms with van der Waals surface area (Å²) in [6.45, 7) is 0. The second-order valence-corrected chi connectivity index (χ2v) is 3.03. The minimum Gasteiger partial charge on any atom is -0.468 e. The van der Waals surface area contributed by atoms with Gasteiger partial charge in [0.1, 0.15) is 18.1 Å². The first-order valence-electron chi connectivity index (χ1n) is 4.47. The van der Waals surface area contributed by atoms with Gasteiger partial charge < -0.3 is 19.7 Å². The fourth-order valence-corrected chi connectivity index (χ4v) is 1.17. The van der Waals surface area contributed by atoms with Crippen LogP contribution in [0.15, 0.2) is 22.8 Å². The summed E-state index contributed by atoms with van der Waals surface area (Å²) in [4.78, 5) is 33.4. The summed E-state index contributed by atoms with van der Waals surface area (Å²) < 4.78 is 9.23. The first kappa shape index (κ1) is 12.1. The summed E-state index contributed by atoms with van der Waals surface area (Å²) in [5.74, 6) is -3.00. The molecule has 6 nitrogen and oxygen atoms in total. The Bertz CT molecular complexity index is 384. The molecule has 0 amide bonds. The maximum Gasteiger partial charge on any atom is 0.323 e. The summed E-state index contributed by atoms with van der Waals surface area (Å²) in [5, 5.41) is 0. The van der Waals surface area contributed by atoms with Crippen LogP contribution in [0.4, 0.5) is 0 Å². The molecule has 2 N–H and O–H groups in total. The zero-order chi connectivity index (χ0) is 12.1. The highest BCUT2D eigenvalue weighted by Gasteiger charge is 2.33. The van der Waals surface area contributed by atoms with E-state index in [-0.39, 0.29) is 12.0 Å².